The maximum absolute atomic E-state index is 5.18. The zero-order chi connectivity index (χ0) is 22.5. The maximum Gasteiger partial charge on any atom is 0.151 e. The molecule has 0 N–H and O–H groups in total. The molecule has 0 fully saturated rings. The minimum Gasteiger partial charge on any atom is -0.285 e. The second-order valence-corrected chi connectivity index (χ2v) is 8.40. The Morgan fingerprint density at radius 3 is 2.09 bits per heavy atom. The average molecular weight is 437 g/mol. The van der Waals surface area contributed by atoms with Crippen LogP contribution in [-0.4, -0.2) is 18.9 Å². The van der Waals surface area contributed by atoms with Crippen LogP contribution in [0.4, 0.5) is 0 Å². The topological polar surface area (TPSA) is 35.1 Å². The van der Waals surface area contributed by atoms with E-state index in [0.29, 0.717) is 0 Å². The highest BCUT2D eigenvalue weighted by Gasteiger charge is 2.19. The van der Waals surface area contributed by atoms with E-state index in [-0.39, 0.29) is 0 Å². The predicted molar refractivity (Wildman–Crippen MR) is 138 cm³/mol. The van der Waals surface area contributed by atoms with Crippen molar-refractivity contribution >= 4 is 27.7 Å². The molecule has 4 heterocycles. The van der Waals surface area contributed by atoms with Gasteiger partial charge in [0.25, 0.3) is 0 Å². The normalized spacial score (nSPS) is 11.5. The number of aromatic nitrogens is 4. The van der Waals surface area contributed by atoms with Crippen LogP contribution in [0.15, 0.2) is 121 Å². The maximum atomic E-state index is 5.18. The molecule has 160 valence electrons. The van der Waals surface area contributed by atoms with Crippen molar-refractivity contribution in [2.24, 2.45) is 0 Å². The van der Waals surface area contributed by atoms with Crippen molar-refractivity contribution in [3.63, 3.8) is 0 Å². The van der Waals surface area contributed by atoms with Crippen molar-refractivity contribution in [2.45, 2.75) is 0 Å². The molecule has 0 atom stereocenters. The van der Waals surface area contributed by atoms with Gasteiger partial charge >= 0.3 is 0 Å². The number of benzene rings is 3. The van der Waals surface area contributed by atoms with Crippen molar-refractivity contribution in [3.05, 3.63) is 121 Å². The number of fused-ring (bicyclic) bond motifs is 5. The Kier molecular flexibility index (Phi) is 4.11. The Morgan fingerprint density at radius 2 is 1.26 bits per heavy atom. The molecule has 34 heavy (non-hydrogen) atoms. The minimum atomic E-state index is 0.872. The Labute approximate surface area is 196 Å². The Hall–Kier alpha value is -4.70. The van der Waals surface area contributed by atoms with Crippen LogP contribution in [0.25, 0.3) is 55.9 Å². The first-order valence-corrected chi connectivity index (χ1v) is 11.4. The van der Waals surface area contributed by atoms with Gasteiger partial charge in [-0.1, -0.05) is 84.9 Å². The summed E-state index contributed by atoms with van der Waals surface area (Å²) >= 11 is 0. The Balaban J connectivity index is 1.61. The predicted octanol–water partition coefficient (Wildman–Crippen LogP) is 7.16. The number of pyridine rings is 2. The number of nitrogens with zero attached hydrogens (tertiary/aromatic N) is 4. The van der Waals surface area contributed by atoms with E-state index in [1.807, 2.05) is 30.3 Å². The second kappa shape index (κ2) is 7.42. The third-order valence-corrected chi connectivity index (χ3v) is 6.33. The summed E-state index contributed by atoms with van der Waals surface area (Å²) in [5, 5.41) is 1.12. The lowest BCUT2D eigenvalue weighted by Gasteiger charge is -2.13. The number of para-hydroxylation sites is 1. The highest BCUT2D eigenvalue weighted by Crippen LogP contribution is 2.34. The highest BCUT2D eigenvalue weighted by atomic mass is 15.2. The van der Waals surface area contributed by atoms with Gasteiger partial charge in [0.2, 0.25) is 0 Å². The number of rotatable bonds is 3. The van der Waals surface area contributed by atoms with Crippen molar-refractivity contribution < 1.29 is 0 Å². The van der Waals surface area contributed by atoms with Gasteiger partial charge in [-0.15, -0.1) is 0 Å². The molecule has 0 saturated carbocycles. The summed E-state index contributed by atoms with van der Waals surface area (Å²) in [5.41, 5.74) is 8.34. The molecule has 0 aliphatic carbocycles. The van der Waals surface area contributed by atoms with Crippen LogP contribution in [0, 0.1) is 0 Å². The van der Waals surface area contributed by atoms with Crippen molar-refractivity contribution in [2.75, 3.05) is 0 Å². The molecule has 0 bridgehead atoms. The van der Waals surface area contributed by atoms with E-state index in [0.717, 1.165) is 55.9 Å². The second-order valence-electron chi connectivity index (χ2n) is 8.40. The largest absolute Gasteiger partial charge is 0.285 e. The fraction of sp³-hybridized carbons (Fsp3) is 0. The van der Waals surface area contributed by atoms with Crippen LogP contribution in [0.2, 0.25) is 0 Å². The number of hydrogen-bond acceptors (Lipinski definition) is 2. The molecule has 7 rings (SSSR count). The zero-order valence-electron chi connectivity index (χ0n) is 18.3. The van der Waals surface area contributed by atoms with Gasteiger partial charge in [-0.25, -0.2) is 9.97 Å². The lowest BCUT2D eigenvalue weighted by molar-refractivity contribution is 1.04. The van der Waals surface area contributed by atoms with Crippen LogP contribution in [0.3, 0.4) is 0 Å². The molecule has 0 unspecified atom stereocenters. The van der Waals surface area contributed by atoms with Crippen LogP contribution in [-0.2, 0) is 0 Å². The molecule has 0 amide bonds. The molecule has 0 radical (unpaired) electrons. The minimum absolute atomic E-state index is 0.872. The van der Waals surface area contributed by atoms with E-state index in [4.69, 9.17) is 9.97 Å². The Bertz CT molecular complexity index is 1730. The summed E-state index contributed by atoms with van der Waals surface area (Å²) in [6.07, 6.45) is 2.07. The van der Waals surface area contributed by atoms with Gasteiger partial charge in [-0.3, -0.25) is 8.97 Å². The summed E-state index contributed by atoms with van der Waals surface area (Å²) in [4.78, 5) is 10.1. The third kappa shape index (κ3) is 2.86. The van der Waals surface area contributed by atoms with Crippen molar-refractivity contribution in [1.29, 1.82) is 0 Å². The van der Waals surface area contributed by atoms with E-state index in [2.05, 4.69) is 100 Å². The molecular formula is C30H20N4. The van der Waals surface area contributed by atoms with E-state index >= 15 is 0 Å². The zero-order valence-corrected chi connectivity index (χ0v) is 18.3. The van der Waals surface area contributed by atoms with Crippen LogP contribution < -0.4 is 0 Å². The molecule has 4 heteroatoms. The average Bonchev–Trinajstić information content (AvgIpc) is 3.44. The third-order valence-electron chi connectivity index (χ3n) is 6.33. The fourth-order valence-electron chi connectivity index (χ4n) is 4.78. The van der Waals surface area contributed by atoms with Gasteiger partial charge in [-0.05, 0) is 41.5 Å². The van der Waals surface area contributed by atoms with Gasteiger partial charge in [0, 0.05) is 17.1 Å². The standard InChI is InChI=1S/C30H20N4/c1-3-11-21(12-4-1)23-19-25(22-13-5-2-6-14-22)31-28(20-23)34-26-16-8-7-15-24(26)29-30(34)33-18-10-9-17-27(33)32-29/h1-20H. The SMILES string of the molecule is c1ccc(-c2cc(-c3ccccc3)nc(-n3c4ccccc4c4nc5ccccn5c43)c2)cc1. The lowest BCUT2D eigenvalue weighted by Crippen LogP contribution is -2.02. The van der Waals surface area contributed by atoms with Crippen LogP contribution in [0.5, 0.6) is 0 Å². The van der Waals surface area contributed by atoms with E-state index < -0.39 is 0 Å². The summed E-state index contributed by atoms with van der Waals surface area (Å²) < 4.78 is 4.39. The lowest BCUT2D eigenvalue weighted by atomic mass is 10.0. The van der Waals surface area contributed by atoms with E-state index in [1.165, 1.54) is 0 Å². The van der Waals surface area contributed by atoms with Gasteiger partial charge in [0.15, 0.2) is 5.65 Å². The molecule has 0 spiro atoms. The highest BCUT2D eigenvalue weighted by molar-refractivity contribution is 6.07. The molecule has 4 nitrogen and oxygen atoms in total. The van der Waals surface area contributed by atoms with E-state index in [9.17, 15) is 0 Å². The molecule has 4 aromatic heterocycles. The molecule has 0 saturated heterocycles. The summed E-state index contributed by atoms with van der Waals surface area (Å²) in [6.45, 7) is 0. The van der Waals surface area contributed by atoms with E-state index in [1.54, 1.807) is 0 Å². The summed E-state index contributed by atoms with van der Waals surface area (Å²) in [7, 11) is 0. The van der Waals surface area contributed by atoms with Gasteiger partial charge in [0.05, 0.1) is 11.2 Å². The molecule has 0 aliphatic heterocycles. The number of imidazole rings is 1. The molecular weight excluding hydrogens is 416 g/mol. The van der Waals surface area contributed by atoms with Gasteiger partial charge in [0.1, 0.15) is 17.0 Å². The van der Waals surface area contributed by atoms with Gasteiger partial charge in [-0.2, -0.15) is 0 Å². The Morgan fingerprint density at radius 1 is 0.559 bits per heavy atom. The number of hydrogen-bond donors (Lipinski definition) is 0. The van der Waals surface area contributed by atoms with Crippen LogP contribution >= 0.6 is 0 Å². The van der Waals surface area contributed by atoms with Crippen molar-refractivity contribution in [3.8, 4) is 28.2 Å². The monoisotopic (exact) mass is 436 g/mol. The van der Waals surface area contributed by atoms with Crippen LogP contribution in [0.1, 0.15) is 0 Å². The first-order chi connectivity index (χ1) is 16.9. The quantitative estimate of drug-likeness (QED) is 0.295. The van der Waals surface area contributed by atoms with Gasteiger partial charge < -0.3 is 0 Å². The summed E-state index contributed by atoms with van der Waals surface area (Å²) in [6, 6.07) is 39.7. The molecule has 3 aromatic carbocycles. The molecule has 7 aromatic rings. The first kappa shape index (κ1) is 18.8. The molecule has 0 aliphatic rings. The van der Waals surface area contributed by atoms with Crippen molar-refractivity contribution in [1.82, 2.24) is 18.9 Å². The fourth-order valence-corrected chi connectivity index (χ4v) is 4.78. The summed E-state index contributed by atoms with van der Waals surface area (Å²) in [5.74, 6) is 0.872. The first-order valence-electron chi connectivity index (χ1n) is 11.4. The smallest absolute Gasteiger partial charge is 0.151 e.